The summed E-state index contributed by atoms with van der Waals surface area (Å²) in [4.78, 5) is 13.8. The minimum atomic E-state index is -4.54. The Morgan fingerprint density at radius 1 is 0.931 bits per heavy atom. The van der Waals surface area contributed by atoms with Gasteiger partial charge in [0.2, 0.25) is 5.91 Å². The van der Waals surface area contributed by atoms with Gasteiger partial charge in [0.15, 0.2) is 0 Å². The third-order valence-electron chi connectivity index (χ3n) is 3.96. The van der Waals surface area contributed by atoms with Crippen molar-refractivity contribution in [2.24, 2.45) is 0 Å². The Balaban J connectivity index is 1.90. The van der Waals surface area contributed by atoms with Gasteiger partial charge in [-0.1, -0.05) is 53.5 Å². The molecule has 1 N–H and O–H groups in total. The van der Waals surface area contributed by atoms with Gasteiger partial charge in [-0.25, -0.2) is 0 Å². The number of alkyl halides is 3. The molecule has 0 saturated carbocycles. The molecule has 8 heteroatoms. The van der Waals surface area contributed by atoms with Crippen LogP contribution in [0.5, 0.6) is 0 Å². The summed E-state index contributed by atoms with van der Waals surface area (Å²) in [5, 5.41) is 2.41. The predicted octanol–water partition coefficient (Wildman–Crippen LogP) is 7.48. The molecule has 0 aliphatic heterocycles. The van der Waals surface area contributed by atoms with Crippen molar-refractivity contribution in [1.82, 2.24) is 0 Å². The molecule has 2 nitrogen and oxygen atoms in total. The van der Waals surface area contributed by atoms with E-state index in [2.05, 4.69) is 5.32 Å². The summed E-state index contributed by atoms with van der Waals surface area (Å²) < 4.78 is 39.0. The van der Waals surface area contributed by atoms with Crippen LogP contribution in [0.3, 0.4) is 0 Å². The average molecular weight is 456 g/mol. The zero-order valence-electron chi connectivity index (χ0n) is 14.7. The molecule has 29 heavy (non-hydrogen) atoms. The van der Waals surface area contributed by atoms with Gasteiger partial charge >= 0.3 is 6.18 Å². The molecule has 0 fully saturated rings. The number of halogens is 5. The van der Waals surface area contributed by atoms with E-state index in [0.29, 0.717) is 10.6 Å². The van der Waals surface area contributed by atoms with Crippen LogP contribution in [0.4, 0.5) is 18.9 Å². The molecule has 0 unspecified atom stereocenters. The summed E-state index contributed by atoms with van der Waals surface area (Å²) in [6, 6.07) is 18.7. The molecule has 0 aromatic heterocycles. The van der Waals surface area contributed by atoms with Crippen LogP contribution in [0.1, 0.15) is 16.4 Å². The van der Waals surface area contributed by atoms with Crippen LogP contribution in [0.15, 0.2) is 77.7 Å². The number of benzene rings is 3. The second-order valence-corrected chi connectivity index (χ2v) is 8.07. The maximum atomic E-state index is 13.0. The Bertz CT molecular complexity index is 995. The number of carbonyl (C=O) groups excluding carboxylic acids is 1. The molecule has 0 bridgehead atoms. The lowest BCUT2D eigenvalue weighted by Gasteiger charge is -2.18. The summed E-state index contributed by atoms with van der Waals surface area (Å²) in [7, 11) is 0. The summed E-state index contributed by atoms with van der Waals surface area (Å²) in [6.07, 6.45) is -4.54. The Hall–Kier alpha value is -2.15. The Labute approximate surface area is 180 Å². The predicted molar refractivity (Wildman–Crippen MR) is 112 cm³/mol. The Kier molecular flexibility index (Phi) is 6.77. The van der Waals surface area contributed by atoms with Crippen LogP contribution in [0.2, 0.25) is 10.0 Å². The average Bonchev–Trinajstić information content (AvgIpc) is 2.69. The number of nitrogens with one attached hydrogen (secondary N) is 1. The molecule has 0 heterocycles. The van der Waals surface area contributed by atoms with E-state index in [-0.39, 0.29) is 10.7 Å². The van der Waals surface area contributed by atoms with Crippen LogP contribution in [-0.4, -0.2) is 5.91 Å². The number of hydrogen-bond donors (Lipinski definition) is 1. The first kappa shape index (κ1) is 21.6. The summed E-state index contributed by atoms with van der Waals surface area (Å²) in [6.45, 7) is 0. The largest absolute Gasteiger partial charge is 0.416 e. The number of anilines is 1. The van der Waals surface area contributed by atoms with Crippen LogP contribution in [0, 0.1) is 0 Å². The van der Waals surface area contributed by atoms with Crippen LogP contribution < -0.4 is 5.32 Å². The SMILES string of the molecule is O=C(Nc1cc(C(F)(F)F)ccc1Cl)[C@H](Sc1ccc(Cl)cc1)c1ccccc1. The van der Waals surface area contributed by atoms with Crippen molar-refractivity contribution in [3.8, 4) is 0 Å². The van der Waals surface area contributed by atoms with E-state index in [1.54, 1.807) is 48.5 Å². The highest BCUT2D eigenvalue weighted by molar-refractivity contribution is 8.00. The fraction of sp³-hybridized carbons (Fsp3) is 0.0952. The van der Waals surface area contributed by atoms with E-state index in [4.69, 9.17) is 23.2 Å². The van der Waals surface area contributed by atoms with Crippen molar-refractivity contribution in [1.29, 1.82) is 0 Å². The molecule has 3 aromatic rings. The first-order chi connectivity index (χ1) is 13.7. The molecule has 1 atom stereocenters. The van der Waals surface area contributed by atoms with Crippen molar-refractivity contribution in [3.63, 3.8) is 0 Å². The van der Waals surface area contributed by atoms with Gasteiger partial charge in [-0.15, -0.1) is 11.8 Å². The maximum absolute atomic E-state index is 13.0. The zero-order valence-corrected chi connectivity index (χ0v) is 17.0. The minimum Gasteiger partial charge on any atom is -0.323 e. The van der Waals surface area contributed by atoms with Crippen molar-refractivity contribution in [2.45, 2.75) is 16.3 Å². The normalized spacial score (nSPS) is 12.4. The zero-order chi connectivity index (χ0) is 21.0. The van der Waals surface area contributed by atoms with E-state index in [0.717, 1.165) is 23.1 Å². The fourth-order valence-electron chi connectivity index (χ4n) is 2.55. The molecule has 0 aliphatic rings. The van der Waals surface area contributed by atoms with Crippen molar-refractivity contribution >= 4 is 46.6 Å². The molecule has 0 aliphatic carbocycles. The summed E-state index contributed by atoms with van der Waals surface area (Å²) >= 11 is 13.2. The van der Waals surface area contributed by atoms with Gasteiger partial charge < -0.3 is 5.32 Å². The highest BCUT2D eigenvalue weighted by Crippen LogP contribution is 2.38. The molecule has 3 aromatic carbocycles. The molecule has 1 amide bonds. The van der Waals surface area contributed by atoms with Crippen molar-refractivity contribution in [3.05, 3.63) is 94.0 Å². The second-order valence-electron chi connectivity index (χ2n) is 6.04. The number of thioether (sulfide) groups is 1. The van der Waals surface area contributed by atoms with Gasteiger partial charge in [-0.05, 0) is 48.0 Å². The van der Waals surface area contributed by atoms with E-state index < -0.39 is 22.9 Å². The standard InChI is InChI=1S/C21H14Cl2F3NOS/c22-15-7-9-16(10-8-15)29-19(13-4-2-1-3-5-13)20(28)27-18-12-14(21(24,25)26)6-11-17(18)23/h1-12,19H,(H,27,28)/t19-/m1/s1. The summed E-state index contributed by atoms with van der Waals surface area (Å²) in [5.41, 5.74) is -0.281. The highest BCUT2D eigenvalue weighted by atomic mass is 35.5. The van der Waals surface area contributed by atoms with Crippen LogP contribution >= 0.6 is 35.0 Å². The maximum Gasteiger partial charge on any atom is 0.416 e. The van der Waals surface area contributed by atoms with E-state index in [1.807, 2.05) is 6.07 Å². The highest BCUT2D eigenvalue weighted by Gasteiger charge is 2.31. The third-order valence-corrected chi connectivity index (χ3v) is 5.81. The topological polar surface area (TPSA) is 29.1 Å². The molecular formula is C21H14Cl2F3NOS. The monoisotopic (exact) mass is 455 g/mol. The minimum absolute atomic E-state index is 0.0228. The lowest BCUT2D eigenvalue weighted by molar-refractivity contribution is -0.137. The van der Waals surface area contributed by atoms with Gasteiger partial charge in [0.1, 0.15) is 5.25 Å². The lowest BCUT2D eigenvalue weighted by atomic mass is 10.1. The third kappa shape index (κ3) is 5.69. The van der Waals surface area contributed by atoms with Gasteiger partial charge in [-0.2, -0.15) is 13.2 Å². The number of rotatable bonds is 5. The summed E-state index contributed by atoms with van der Waals surface area (Å²) in [5.74, 6) is -0.489. The smallest absolute Gasteiger partial charge is 0.323 e. The number of amides is 1. The van der Waals surface area contributed by atoms with Crippen molar-refractivity contribution in [2.75, 3.05) is 5.32 Å². The van der Waals surface area contributed by atoms with Crippen molar-refractivity contribution < 1.29 is 18.0 Å². The van der Waals surface area contributed by atoms with E-state index in [9.17, 15) is 18.0 Å². The fourth-order valence-corrected chi connectivity index (χ4v) is 3.86. The first-order valence-electron chi connectivity index (χ1n) is 8.39. The van der Waals surface area contributed by atoms with Gasteiger partial charge in [-0.3, -0.25) is 4.79 Å². The number of hydrogen-bond acceptors (Lipinski definition) is 2. The molecule has 0 saturated heterocycles. The molecule has 0 radical (unpaired) electrons. The van der Waals surface area contributed by atoms with E-state index >= 15 is 0 Å². The van der Waals surface area contributed by atoms with Gasteiger partial charge in [0.25, 0.3) is 0 Å². The van der Waals surface area contributed by atoms with Gasteiger partial charge in [0, 0.05) is 9.92 Å². The van der Waals surface area contributed by atoms with E-state index in [1.165, 1.54) is 11.8 Å². The molecular weight excluding hydrogens is 442 g/mol. The van der Waals surface area contributed by atoms with Crippen LogP contribution in [-0.2, 0) is 11.0 Å². The lowest BCUT2D eigenvalue weighted by Crippen LogP contribution is -2.19. The molecule has 0 spiro atoms. The Morgan fingerprint density at radius 3 is 2.21 bits per heavy atom. The molecule has 3 rings (SSSR count). The second kappa shape index (κ2) is 9.11. The van der Waals surface area contributed by atoms with Crippen LogP contribution in [0.25, 0.3) is 0 Å². The quantitative estimate of drug-likeness (QED) is 0.403. The number of carbonyl (C=O) groups is 1. The molecule has 150 valence electrons. The Morgan fingerprint density at radius 2 is 1.59 bits per heavy atom. The van der Waals surface area contributed by atoms with Gasteiger partial charge in [0.05, 0.1) is 16.3 Å². The first-order valence-corrected chi connectivity index (χ1v) is 10.0.